The van der Waals surface area contributed by atoms with Crippen LogP contribution in [0, 0.1) is 0 Å². The molecule has 1 N–H and O–H groups in total. The van der Waals surface area contributed by atoms with E-state index in [1.165, 1.54) is 15.5 Å². The van der Waals surface area contributed by atoms with Crippen LogP contribution in [0.15, 0.2) is 45.1 Å². The molecule has 128 valence electrons. The van der Waals surface area contributed by atoms with Crippen molar-refractivity contribution in [1.29, 1.82) is 0 Å². The molecular formula is C18H20N6S. The molecule has 7 heteroatoms. The predicted octanol–water partition coefficient (Wildman–Crippen LogP) is 3.98. The number of aromatic nitrogens is 1. The second-order valence-corrected chi connectivity index (χ2v) is 7.29. The molecule has 0 radical (unpaired) electrons. The third-order valence-electron chi connectivity index (χ3n) is 4.25. The van der Waals surface area contributed by atoms with Gasteiger partial charge in [0, 0.05) is 27.6 Å². The third-order valence-corrected chi connectivity index (χ3v) is 5.20. The zero-order valence-corrected chi connectivity index (χ0v) is 15.2. The lowest BCUT2D eigenvalue weighted by atomic mass is 10.1. The van der Waals surface area contributed by atoms with E-state index in [1.807, 2.05) is 0 Å². The fourth-order valence-electron chi connectivity index (χ4n) is 2.98. The molecule has 0 spiro atoms. The Labute approximate surface area is 150 Å². The monoisotopic (exact) mass is 352 g/mol. The van der Waals surface area contributed by atoms with Gasteiger partial charge in [0.2, 0.25) is 0 Å². The number of pyridine rings is 1. The molecule has 0 saturated carbocycles. The van der Waals surface area contributed by atoms with E-state index < -0.39 is 0 Å². The fraction of sp³-hybridized carbons (Fsp3) is 0.333. The van der Waals surface area contributed by atoms with Gasteiger partial charge in [0.05, 0.1) is 11.2 Å². The van der Waals surface area contributed by atoms with Crippen molar-refractivity contribution in [3.8, 4) is 0 Å². The first-order chi connectivity index (χ1) is 12.2. The second-order valence-electron chi connectivity index (χ2n) is 6.38. The molecule has 0 unspecified atom stereocenters. The molecule has 0 bridgehead atoms. The SMILES string of the molecule is CN(C)CCCNc1nc2cc(C3=NN=NC3)ccc2c2sccc12. The fourth-order valence-corrected chi connectivity index (χ4v) is 3.91. The normalized spacial score (nSPS) is 14.0. The third kappa shape index (κ3) is 3.25. The second kappa shape index (κ2) is 6.85. The van der Waals surface area contributed by atoms with Gasteiger partial charge < -0.3 is 10.2 Å². The van der Waals surface area contributed by atoms with Crippen LogP contribution in [0.2, 0.25) is 0 Å². The number of nitrogens with one attached hydrogen (secondary N) is 1. The van der Waals surface area contributed by atoms with Crippen molar-refractivity contribution in [3.63, 3.8) is 0 Å². The van der Waals surface area contributed by atoms with Crippen LogP contribution in [0.4, 0.5) is 5.82 Å². The van der Waals surface area contributed by atoms with Crippen molar-refractivity contribution in [2.24, 2.45) is 15.4 Å². The van der Waals surface area contributed by atoms with Gasteiger partial charge in [-0.1, -0.05) is 12.1 Å². The van der Waals surface area contributed by atoms with Gasteiger partial charge in [-0.3, -0.25) is 0 Å². The number of fused-ring (bicyclic) bond motifs is 3. The zero-order chi connectivity index (χ0) is 17.2. The summed E-state index contributed by atoms with van der Waals surface area (Å²) < 4.78 is 1.27. The molecular weight excluding hydrogens is 332 g/mol. The van der Waals surface area contributed by atoms with Crippen LogP contribution >= 0.6 is 11.3 Å². The highest BCUT2D eigenvalue weighted by Gasteiger charge is 2.13. The highest BCUT2D eigenvalue weighted by atomic mass is 32.1. The Bertz CT molecular complexity index is 972. The summed E-state index contributed by atoms with van der Waals surface area (Å²) in [6.45, 7) is 2.51. The molecule has 25 heavy (non-hydrogen) atoms. The first-order valence-electron chi connectivity index (χ1n) is 8.35. The van der Waals surface area contributed by atoms with Crippen LogP contribution in [0.1, 0.15) is 12.0 Å². The Morgan fingerprint density at radius 1 is 1.20 bits per heavy atom. The van der Waals surface area contributed by atoms with Gasteiger partial charge in [-0.25, -0.2) is 4.98 Å². The molecule has 1 aliphatic heterocycles. The molecule has 0 fully saturated rings. The van der Waals surface area contributed by atoms with Crippen LogP contribution in [0.5, 0.6) is 0 Å². The standard InChI is InChI=1S/C18H20N6S/c1-24(2)8-3-7-19-18-14-6-9-25-17(14)13-5-4-12(10-15(13)21-18)16-11-20-23-22-16/h4-6,9-10H,3,7-8,11H2,1-2H3,(H,19,21). The average Bonchev–Trinajstić information content (AvgIpc) is 3.29. The molecule has 4 rings (SSSR count). The largest absolute Gasteiger partial charge is 0.369 e. The van der Waals surface area contributed by atoms with E-state index in [4.69, 9.17) is 4.98 Å². The van der Waals surface area contributed by atoms with Crippen LogP contribution in [-0.2, 0) is 0 Å². The highest BCUT2D eigenvalue weighted by molar-refractivity contribution is 7.18. The van der Waals surface area contributed by atoms with Gasteiger partial charge in [-0.05, 0) is 49.8 Å². The first-order valence-corrected chi connectivity index (χ1v) is 9.23. The van der Waals surface area contributed by atoms with E-state index in [2.05, 4.69) is 69.4 Å². The molecule has 0 saturated heterocycles. The number of anilines is 1. The molecule has 2 aromatic heterocycles. The van der Waals surface area contributed by atoms with Crippen LogP contribution in [-0.4, -0.2) is 49.3 Å². The first kappa shape index (κ1) is 16.1. The summed E-state index contributed by atoms with van der Waals surface area (Å²) in [6.07, 6.45) is 1.08. The lowest BCUT2D eigenvalue weighted by Gasteiger charge is -2.12. The Balaban J connectivity index is 1.69. The Morgan fingerprint density at radius 3 is 2.92 bits per heavy atom. The van der Waals surface area contributed by atoms with Gasteiger partial charge >= 0.3 is 0 Å². The van der Waals surface area contributed by atoms with Gasteiger partial charge in [0.1, 0.15) is 12.4 Å². The van der Waals surface area contributed by atoms with Crippen LogP contribution in [0.3, 0.4) is 0 Å². The number of nitrogens with zero attached hydrogens (tertiary/aromatic N) is 5. The van der Waals surface area contributed by atoms with Gasteiger partial charge in [0.25, 0.3) is 0 Å². The van der Waals surface area contributed by atoms with Gasteiger partial charge in [0.15, 0.2) is 0 Å². The summed E-state index contributed by atoms with van der Waals surface area (Å²) in [5, 5.41) is 19.8. The molecule has 3 aromatic rings. The Morgan fingerprint density at radius 2 is 2.12 bits per heavy atom. The van der Waals surface area contributed by atoms with Crippen molar-refractivity contribution in [2.45, 2.75) is 6.42 Å². The minimum Gasteiger partial charge on any atom is -0.369 e. The maximum Gasteiger partial charge on any atom is 0.135 e. The summed E-state index contributed by atoms with van der Waals surface area (Å²) >= 11 is 1.76. The van der Waals surface area contributed by atoms with Crippen LogP contribution in [0.25, 0.3) is 21.0 Å². The van der Waals surface area contributed by atoms with E-state index in [9.17, 15) is 0 Å². The Kier molecular flexibility index (Phi) is 4.42. The number of thiophene rings is 1. The summed E-state index contributed by atoms with van der Waals surface area (Å²) in [4.78, 5) is 7.08. The maximum absolute atomic E-state index is 4.89. The van der Waals surface area contributed by atoms with E-state index in [1.54, 1.807) is 11.3 Å². The maximum atomic E-state index is 4.89. The topological polar surface area (TPSA) is 65.2 Å². The number of rotatable bonds is 6. The number of benzene rings is 1. The summed E-state index contributed by atoms with van der Waals surface area (Å²) in [5.41, 5.74) is 2.92. The number of hydrogen-bond acceptors (Lipinski definition) is 7. The van der Waals surface area contributed by atoms with Gasteiger partial charge in [-0.2, -0.15) is 5.11 Å². The van der Waals surface area contributed by atoms with Crippen molar-refractivity contribution >= 4 is 43.9 Å². The predicted molar refractivity (Wildman–Crippen MR) is 105 cm³/mol. The average molecular weight is 352 g/mol. The zero-order valence-electron chi connectivity index (χ0n) is 14.4. The van der Waals surface area contributed by atoms with E-state index in [0.29, 0.717) is 6.54 Å². The molecule has 0 amide bonds. The molecule has 0 atom stereocenters. The Hall–Kier alpha value is -2.38. The van der Waals surface area contributed by atoms with Crippen molar-refractivity contribution in [2.75, 3.05) is 39.0 Å². The van der Waals surface area contributed by atoms with Crippen molar-refractivity contribution in [1.82, 2.24) is 9.88 Å². The van der Waals surface area contributed by atoms with E-state index in [-0.39, 0.29) is 0 Å². The quantitative estimate of drug-likeness (QED) is 0.682. The molecule has 0 aliphatic carbocycles. The summed E-state index contributed by atoms with van der Waals surface area (Å²) in [6, 6.07) is 8.46. The minimum atomic E-state index is 0.544. The minimum absolute atomic E-state index is 0.544. The molecule has 6 nitrogen and oxygen atoms in total. The van der Waals surface area contributed by atoms with E-state index in [0.717, 1.165) is 42.1 Å². The van der Waals surface area contributed by atoms with Crippen LogP contribution < -0.4 is 5.32 Å². The summed E-state index contributed by atoms with van der Waals surface area (Å²) in [5.74, 6) is 0.961. The summed E-state index contributed by atoms with van der Waals surface area (Å²) in [7, 11) is 4.19. The van der Waals surface area contributed by atoms with Crippen molar-refractivity contribution in [3.05, 3.63) is 35.2 Å². The van der Waals surface area contributed by atoms with Gasteiger partial charge in [-0.15, -0.1) is 16.4 Å². The van der Waals surface area contributed by atoms with Crippen molar-refractivity contribution < 1.29 is 0 Å². The number of hydrogen-bond donors (Lipinski definition) is 1. The highest BCUT2D eigenvalue weighted by Crippen LogP contribution is 2.34. The molecule has 1 aromatic carbocycles. The lowest BCUT2D eigenvalue weighted by molar-refractivity contribution is 0.405. The molecule has 1 aliphatic rings. The smallest absolute Gasteiger partial charge is 0.135 e. The van der Waals surface area contributed by atoms with E-state index >= 15 is 0 Å². The molecule has 3 heterocycles. The lowest BCUT2D eigenvalue weighted by Crippen LogP contribution is -2.16.